The van der Waals surface area contributed by atoms with E-state index in [0.29, 0.717) is 16.0 Å². The van der Waals surface area contributed by atoms with E-state index in [-0.39, 0.29) is 0 Å². The highest BCUT2D eigenvalue weighted by molar-refractivity contribution is 6.44. The minimum absolute atomic E-state index is 0.308. The molecular weight excluding hydrogens is 265 g/mol. The van der Waals surface area contributed by atoms with Crippen molar-refractivity contribution in [2.75, 3.05) is 6.54 Å². The number of rotatable bonds is 4. The molecule has 1 atom stereocenters. The van der Waals surface area contributed by atoms with Crippen LogP contribution in [0, 0.1) is 5.92 Å². The lowest BCUT2D eigenvalue weighted by Crippen LogP contribution is -1.98. The molecule has 0 N–H and O–H groups in total. The Morgan fingerprint density at radius 2 is 2.06 bits per heavy atom. The molecule has 0 radical (unpaired) electrons. The summed E-state index contributed by atoms with van der Waals surface area (Å²) in [6.07, 6.45) is 10.8. The second-order valence-corrected chi connectivity index (χ2v) is 5.19. The van der Waals surface area contributed by atoms with E-state index in [1.54, 1.807) is 0 Å². The number of aliphatic imine (C=N–C) groups is 1. The standard InChI is InChI=1S/C15H19Cl2N/c1-4-11(2)10-18-8-7-13-5-6-14(16)15(17)9-12(13)3/h4-6,9-10,12H,7-8H2,1-3H3/b11-4-,18-10?. The van der Waals surface area contributed by atoms with Crippen LogP contribution in [0.3, 0.4) is 0 Å². The van der Waals surface area contributed by atoms with Gasteiger partial charge in [-0.2, -0.15) is 0 Å². The quantitative estimate of drug-likeness (QED) is 0.626. The summed E-state index contributed by atoms with van der Waals surface area (Å²) in [4.78, 5) is 4.40. The van der Waals surface area contributed by atoms with Gasteiger partial charge in [-0.05, 0) is 37.8 Å². The van der Waals surface area contributed by atoms with Gasteiger partial charge in [-0.15, -0.1) is 0 Å². The minimum atomic E-state index is 0.308. The largest absolute Gasteiger partial charge is 0.293 e. The molecule has 0 aromatic rings. The molecule has 0 aromatic carbocycles. The van der Waals surface area contributed by atoms with E-state index in [1.165, 1.54) is 11.1 Å². The summed E-state index contributed by atoms with van der Waals surface area (Å²) in [5.41, 5.74) is 2.49. The molecule has 1 aliphatic carbocycles. The summed E-state index contributed by atoms with van der Waals surface area (Å²) in [7, 11) is 0. The highest BCUT2D eigenvalue weighted by atomic mass is 35.5. The van der Waals surface area contributed by atoms with E-state index < -0.39 is 0 Å². The van der Waals surface area contributed by atoms with Crippen molar-refractivity contribution in [2.45, 2.75) is 27.2 Å². The molecular formula is C15H19Cl2N. The lowest BCUT2D eigenvalue weighted by Gasteiger charge is -2.09. The van der Waals surface area contributed by atoms with E-state index >= 15 is 0 Å². The molecule has 0 spiro atoms. The van der Waals surface area contributed by atoms with Crippen LogP contribution in [0.4, 0.5) is 0 Å². The number of halogens is 2. The van der Waals surface area contributed by atoms with Gasteiger partial charge in [0.1, 0.15) is 0 Å². The molecule has 98 valence electrons. The van der Waals surface area contributed by atoms with E-state index in [9.17, 15) is 0 Å². The average Bonchev–Trinajstić information content (AvgIpc) is 2.46. The molecule has 18 heavy (non-hydrogen) atoms. The fraction of sp³-hybridized carbons (Fsp3) is 0.400. The SMILES string of the molecule is C/C=C(/C)C=NCCC1=CC=C(Cl)C(Cl)=CC1C. The van der Waals surface area contributed by atoms with Crippen molar-refractivity contribution in [3.8, 4) is 0 Å². The van der Waals surface area contributed by atoms with Gasteiger partial charge in [0.25, 0.3) is 0 Å². The van der Waals surface area contributed by atoms with Gasteiger partial charge in [0, 0.05) is 12.8 Å². The number of hydrogen-bond donors (Lipinski definition) is 0. The van der Waals surface area contributed by atoms with Gasteiger partial charge in [-0.1, -0.05) is 53.9 Å². The summed E-state index contributed by atoms with van der Waals surface area (Å²) in [5.74, 6) is 0.308. The van der Waals surface area contributed by atoms with Crippen molar-refractivity contribution >= 4 is 29.4 Å². The van der Waals surface area contributed by atoms with Crippen LogP contribution in [0.1, 0.15) is 27.2 Å². The number of allylic oxidation sites excluding steroid dienone is 7. The number of hydrogen-bond acceptors (Lipinski definition) is 1. The highest BCUT2D eigenvalue weighted by Gasteiger charge is 2.11. The van der Waals surface area contributed by atoms with Crippen LogP contribution in [0.15, 0.2) is 50.5 Å². The second kappa shape index (κ2) is 7.60. The first kappa shape index (κ1) is 15.3. The number of nitrogens with zero attached hydrogens (tertiary/aromatic N) is 1. The maximum absolute atomic E-state index is 6.04. The Balaban J connectivity index is 2.60. The van der Waals surface area contributed by atoms with Gasteiger partial charge >= 0.3 is 0 Å². The van der Waals surface area contributed by atoms with E-state index in [0.717, 1.165) is 13.0 Å². The third-order valence-corrected chi connectivity index (χ3v) is 3.69. The third-order valence-electron chi connectivity index (χ3n) is 2.93. The molecule has 0 bridgehead atoms. The van der Waals surface area contributed by atoms with Crippen molar-refractivity contribution in [1.82, 2.24) is 0 Å². The minimum Gasteiger partial charge on any atom is -0.293 e. The van der Waals surface area contributed by atoms with Gasteiger partial charge in [0.2, 0.25) is 0 Å². The van der Waals surface area contributed by atoms with E-state index in [2.05, 4.69) is 18.0 Å². The van der Waals surface area contributed by atoms with Crippen LogP contribution in [0.25, 0.3) is 0 Å². The van der Waals surface area contributed by atoms with Crippen LogP contribution < -0.4 is 0 Å². The predicted molar refractivity (Wildman–Crippen MR) is 82.5 cm³/mol. The lowest BCUT2D eigenvalue weighted by atomic mass is 9.98. The topological polar surface area (TPSA) is 12.4 Å². The lowest BCUT2D eigenvalue weighted by molar-refractivity contribution is 0.781. The van der Waals surface area contributed by atoms with Gasteiger partial charge in [0.05, 0.1) is 10.1 Å². The summed E-state index contributed by atoms with van der Waals surface area (Å²) in [6.45, 7) is 6.97. The first-order chi connectivity index (χ1) is 8.54. The Labute approximate surface area is 120 Å². The predicted octanol–water partition coefficient (Wildman–Crippen LogP) is 5.24. The van der Waals surface area contributed by atoms with Crippen molar-refractivity contribution < 1.29 is 0 Å². The first-order valence-corrected chi connectivity index (χ1v) is 6.87. The zero-order valence-electron chi connectivity index (χ0n) is 11.1. The maximum atomic E-state index is 6.04. The van der Waals surface area contributed by atoms with Crippen LogP contribution in [-0.2, 0) is 0 Å². The Bertz CT molecular complexity index is 439. The Morgan fingerprint density at radius 3 is 2.72 bits per heavy atom. The summed E-state index contributed by atoms with van der Waals surface area (Å²) < 4.78 is 0. The summed E-state index contributed by atoms with van der Waals surface area (Å²) in [5, 5.41) is 1.23. The Kier molecular flexibility index (Phi) is 6.45. The van der Waals surface area contributed by atoms with Crippen LogP contribution in [-0.4, -0.2) is 12.8 Å². The molecule has 0 heterocycles. The van der Waals surface area contributed by atoms with Crippen molar-refractivity contribution in [1.29, 1.82) is 0 Å². The molecule has 1 rings (SSSR count). The molecule has 0 amide bonds. The molecule has 0 saturated carbocycles. The third kappa shape index (κ3) is 4.83. The summed E-state index contributed by atoms with van der Waals surface area (Å²) in [6, 6.07) is 0. The fourth-order valence-electron chi connectivity index (χ4n) is 1.61. The van der Waals surface area contributed by atoms with Crippen LogP contribution in [0.5, 0.6) is 0 Å². The van der Waals surface area contributed by atoms with Gasteiger partial charge < -0.3 is 0 Å². The zero-order valence-corrected chi connectivity index (χ0v) is 12.6. The smallest absolute Gasteiger partial charge is 0.0589 e. The normalized spacial score (nSPS) is 21.5. The fourth-order valence-corrected chi connectivity index (χ4v) is 1.98. The van der Waals surface area contributed by atoms with Crippen molar-refractivity contribution in [3.63, 3.8) is 0 Å². The first-order valence-electron chi connectivity index (χ1n) is 6.11. The molecule has 0 saturated heterocycles. The van der Waals surface area contributed by atoms with Gasteiger partial charge in [0.15, 0.2) is 0 Å². The second-order valence-electron chi connectivity index (χ2n) is 4.38. The summed E-state index contributed by atoms with van der Waals surface area (Å²) >= 11 is 12.0. The maximum Gasteiger partial charge on any atom is 0.0589 e. The highest BCUT2D eigenvalue weighted by Crippen LogP contribution is 2.28. The van der Waals surface area contributed by atoms with Gasteiger partial charge in [-0.3, -0.25) is 4.99 Å². The molecule has 0 aromatic heterocycles. The Hall–Kier alpha value is -0.790. The van der Waals surface area contributed by atoms with Gasteiger partial charge in [-0.25, -0.2) is 0 Å². The molecule has 1 unspecified atom stereocenters. The monoisotopic (exact) mass is 283 g/mol. The molecule has 0 fully saturated rings. The van der Waals surface area contributed by atoms with E-state index in [4.69, 9.17) is 23.2 Å². The Morgan fingerprint density at radius 1 is 1.33 bits per heavy atom. The molecule has 1 aliphatic rings. The molecule has 1 nitrogen and oxygen atoms in total. The molecule has 0 aliphatic heterocycles. The van der Waals surface area contributed by atoms with Crippen LogP contribution in [0.2, 0.25) is 0 Å². The van der Waals surface area contributed by atoms with E-state index in [1.807, 2.05) is 38.3 Å². The average molecular weight is 284 g/mol. The van der Waals surface area contributed by atoms with Crippen LogP contribution >= 0.6 is 23.2 Å². The van der Waals surface area contributed by atoms with Crippen molar-refractivity contribution in [2.24, 2.45) is 10.9 Å². The molecule has 3 heteroatoms. The zero-order chi connectivity index (χ0) is 13.5. The van der Waals surface area contributed by atoms with Crippen molar-refractivity contribution in [3.05, 3.63) is 45.5 Å².